The number of aromatic nitrogens is 2. The molecule has 34 nitrogen and oxygen atoms in total. The number of aliphatic carboxylic acids is 1. The molecule has 9 atom stereocenters. The van der Waals surface area contributed by atoms with Crippen molar-refractivity contribution >= 4 is 75.8 Å². The van der Waals surface area contributed by atoms with Crippen molar-refractivity contribution in [3.8, 4) is 17.1 Å². The van der Waals surface area contributed by atoms with E-state index in [1.165, 1.54) is 35.6 Å². The number of amides is 7. The lowest BCUT2D eigenvalue weighted by Gasteiger charge is -2.38. The molecule has 1 aliphatic carbocycles. The number of carbonyl (C=O) groups is 10. The number of carboxylic acids is 1. The number of hydrogen-bond donors (Lipinski definition) is 10. The van der Waals surface area contributed by atoms with Crippen molar-refractivity contribution in [1.29, 1.82) is 0 Å². The highest BCUT2D eigenvalue weighted by Gasteiger charge is 2.49. The number of nitro groups is 1. The van der Waals surface area contributed by atoms with E-state index in [4.69, 9.17) is 39.1 Å². The molecule has 5 aliphatic rings. The number of imide groups is 1. The van der Waals surface area contributed by atoms with Crippen LogP contribution in [-0.2, 0) is 92.0 Å². The molecule has 9 rings (SSSR count). The first-order valence-electron chi connectivity index (χ1n) is 30.3. The number of carboxylic acid groups (broad SMARTS) is 1. The Hall–Kier alpha value is -9.75. The molecule has 0 saturated carbocycles. The average molecular weight is 1350 g/mol. The maximum atomic E-state index is 15.8. The number of pyridine rings is 2. The number of halogens is 1. The van der Waals surface area contributed by atoms with Crippen LogP contribution in [0.4, 0.5) is 14.9 Å². The van der Waals surface area contributed by atoms with Crippen molar-refractivity contribution in [1.82, 2.24) is 40.6 Å². The second kappa shape index (κ2) is 29.9. The summed E-state index contributed by atoms with van der Waals surface area (Å²) < 4.78 is 49.9. The van der Waals surface area contributed by atoms with E-state index in [2.05, 4.69) is 21.3 Å². The third kappa shape index (κ3) is 15.3. The van der Waals surface area contributed by atoms with E-state index in [0.29, 0.717) is 22.1 Å². The zero-order chi connectivity index (χ0) is 69.6. The molecule has 0 spiro atoms. The number of nitrogens with one attached hydrogen (secondary N) is 4. The molecule has 4 aliphatic heterocycles. The van der Waals surface area contributed by atoms with E-state index in [9.17, 15) is 88.4 Å². The van der Waals surface area contributed by atoms with Crippen LogP contribution in [0.15, 0.2) is 47.3 Å². The second-order valence-electron chi connectivity index (χ2n) is 23.3. The van der Waals surface area contributed by atoms with Gasteiger partial charge in [-0.2, -0.15) is 0 Å². The van der Waals surface area contributed by atoms with Gasteiger partial charge in [-0.25, -0.2) is 23.8 Å². The second-order valence-corrected chi connectivity index (χ2v) is 23.3. The number of ether oxygens (including phenoxy) is 6. The van der Waals surface area contributed by atoms with Crippen molar-refractivity contribution < 1.29 is 111 Å². The number of fused-ring (bicyclic) bond motifs is 5. The van der Waals surface area contributed by atoms with Gasteiger partial charge >= 0.3 is 23.7 Å². The number of benzene rings is 2. The summed E-state index contributed by atoms with van der Waals surface area (Å²) >= 11 is 0. The molecule has 35 heteroatoms. The summed E-state index contributed by atoms with van der Waals surface area (Å²) in [4.78, 5) is 161. The first-order valence-corrected chi connectivity index (χ1v) is 30.3. The Bertz CT molecular complexity index is 3900. The zero-order valence-electron chi connectivity index (χ0n) is 51.9. The molecule has 7 amide bonds. The molecule has 0 radical (unpaired) electrons. The Kier molecular flexibility index (Phi) is 22.0. The number of aliphatic hydroxyl groups is 4. The van der Waals surface area contributed by atoms with Crippen LogP contribution in [0.5, 0.6) is 5.75 Å². The minimum Gasteiger partial charge on any atom is -0.479 e. The van der Waals surface area contributed by atoms with Crippen LogP contribution < -0.4 is 37.3 Å². The highest BCUT2D eigenvalue weighted by atomic mass is 19.1. The van der Waals surface area contributed by atoms with Gasteiger partial charge in [0, 0.05) is 72.3 Å². The summed E-state index contributed by atoms with van der Waals surface area (Å²) in [5.74, 6) is -8.61. The molecule has 0 bridgehead atoms. The van der Waals surface area contributed by atoms with Crippen molar-refractivity contribution in [3.63, 3.8) is 0 Å². The molecule has 96 heavy (non-hydrogen) atoms. The van der Waals surface area contributed by atoms with Crippen LogP contribution in [0.25, 0.3) is 22.3 Å². The van der Waals surface area contributed by atoms with Crippen molar-refractivity contribution in [2.75, 3.05) is 66.2 Å². The Morgan fingerprint density at radius 3 is 2.34 bits per heavy atom. The first kappa shape index (κ1) is 70.6. The van der Waals surface area contributed by atoms with Gasteiger partial charge in [-0.05, 0) is 68.5 Å². The first-order chi connectivity index (χ1) is 45.6. The smallest absolute Gasteiger partial charge is 0.408 e. The van der Waals surface area contributed by atoms with Gasteiger partial charge in [0.25, 0.3) is 17.4 Å². The molecule has 6 heterocycles. The van der Waals surface area contributed by atoms with Gasteiger partial charge in [0.2, 0.25) is 29.9 Å². The minimum absolute atomic E-state index is 0.00888. The van der Waals surface area contributed by atoms with Gasteiger partial charge in [-0.15, -0.1) is 0 Å². The Morgan fingerprint density at radius 1 is 0.927 bits per heavy atom. The molecule has 514 valence electrons. The molecule has 2 aromatic carbocycles. The quantitative estimate of drug-likeness (QED) is 0.00781. The van der Waals surface area contributed by atoms with Crippen molar-refractivity contribution in [2.24, 2.45) is 5.73 Å². The number of rotatable bonds is 30. The summed E-state index contributed by atoms with van der Waals surface area (Å²) in [5.41, 5.74) is 3.59. The summed E-state index contributed by atoms with van der Waals surface area (Å²) in [5, 5.41) is 76.2. The van der Waals surface area contributed by atoms with E-state index in [0.717, 1.165) is 35.3 Å². The van der Waals surface area contributed by atoms with Crippen LogP contribution in [0.2, 0.25) is 0 Å². The number of alkyl carbamates (subject to hydrolysis) is 1. The number of hydrogen-bond acceptors (Lipinski definition) is 25. The Labute approximate surface area is 542 Å². The number of esters is 1. The molecule has 11 N–H and O–H groups in total. The number of nitrogens with two attached hydrogens (primary N) is 1. The fourth-order valence-electron chi connectivity index (χ4n) is 11.9. The minimum atomic E-state index is -2.19. The fourth-order valence-corrected chi connectivity index (χ4v) is 11.9. The molecule has 1 fully saturated rings. The number of likely N-dealkylation sites (N-methyl/N-ethyl adjacent to an activating group) is 1. The number of cyclic esters (lactones) is 1. The number of nitro benzene ring substituents is 1. The predicted octanol–water partition coefficient (Wildman–Crippen LogP) is -2.01. The molecular weight excluding hydrogens is 1280 g/mol. The third-order valence-electron chi connectivity index (χ3n) is 16.9. The van der Waals surface area contributed by atoms with Crippen molar-refractivity contribution in [2.45, 2.75) is 120 Å². The van der Waals surface area contributed by atoms with E-state index < -0.39 is 174 Å². The Morgan fingerprint density at radius 2 is 1.65 bits per heavy atom. The van der Waals surface area contributed by atoms with Crippen LogP contribution in [0, 0.1) is 22.9 Å². The number of nitrogens with zero attached hydrogens (tertiary/aromatic N) is 5. The van der Waals surface area contributed by atoms with Gasteiger partial charge in [0.15, 0.2) is 23.2 Å². The SMILES string of the molecule is CC[C@@]1(O)C(=O)OCc2c1cc1n(c2=O)Cc2c-1nc1cc(F)c(C)c3c1c2[C@@H](NC(=O)O[C@H](CNC(=O)CC[C@H](NC(=O)COCCOCCNC(=O)CCN1C(=O)C=CC1=O)C(=O)CN(C)CC(N)=O)c1ccc(O[C@@H]2OC(C(=O)O)[C@@H](O)[C@H](O)C2O)c([N+](=O)[O-])c1)CC3. The predicted molar refractivity (Wildman–Crippen MR) is 322 cm³/mol. The van der Waals surface area contributed by atoms with Gasteiger partial charge in [0.05, 0.1) is 85.5 Å². The molecule has 2 aromatic heterocycles. The molecular formula is C61H69FN10O24. The maximum absolute atomic E-state index is 15.8. The largest absolute Gasteiger partial charge is 0.479 e. The average Bonchev–Trinajstić information content (AvgIpc) is 1.48. The summed E-state index contributed by atoms with van der Waals surface area (Å²) in [6.45, 7) is 0.261. The zero-order valence-corrected chi connectivity index (χ0v) is 51.9. The van der Waals surface area contributed by atoms with E-state index in [1.807, 2.05) is 0 Å². The molecule has 4 aromatic rings. The summed E-state index contributed by atoms with van der Waals surface area (Å²) in [6, 6.07) is 3.19. The van der Waals surface area contributed by atoms with Gasteiger partial charge < -0.3 is 85.5 Å². The van der Waals surface area contributed by atoms with Gasteiger partial charge in [-0.3, -0.25) is 58.3 Å². The normalized spacial score (nSPS) is 21.3. The lowest BCUT2D eigenvalue weighted by atomic mass is 9.81. The molecule has 2 unspecified atom stereocenters. The number of Topliss-reactive ketones (excluding diaryl/α,β-unsaturated/α-hetero) is 1. The number of aryl methyl sites for hydroxylation is 1. The highest BCUT2D eigenvalue weighted by molar-refractivity contribution is 6.13. The number of primary amides is 1. The van der Waals surface area contributed by atoms with Crippen molar-refractivity contribution in [3.05, 3.63) is 108 Å². The number of ketones is 1. The lowest BCUT2D eigenvalue weighted by molar-refractivity contribution is -0.387. The number of aliphatic hydroxyl groups excluding tert-OH is 3. The summed E-state index contributed by atoms with van der Waals surface area (Å²) in [7, 11) is 1.40. The Balaban J connectivity index is 0.921. The highest BCUT2D eigenvalue weighted by Crippen LogP contribution is 2.46. The summed E-state index contributed by atoms with van der Waals surface area (Å²) in [6.07, 6.45) is -12.3. The van der Waals surface area contributed by atoms with Gasteiger partial charge in [0.1, 0.15) is 43.4 Å². The van der Waals surface area contributed by atoms with Crippen LogP contribution in [-0.4, -0.2) is 212 Å². The lowest BCUT2D eigenvalue weighted by Crippen LogP contribution is -2.61. The van der Waals surface area contributed by atoms with Gasteiger partial charge in [-0.1, -0.05) is 13.0 Å². The fraction of sp³-hybridized carbons (Fsp3) is 0.475. The van der Waals surface area contributed by atoms with Crippen LogP contribution in [0.1, 0.15) is 90.1 Å². The molecule has 1 saturated heterocycles. The van der Waals surface area contributed by atoms with Crippen LogP contribution in [0.3, 0.4) is 0 Å². The third-order valence-corrected chi connectivity index (χ3v) is 16.9. The standard InChI is InChI=1S/C61H69FN10O24/c1-4-61(88)33-20-39-51-31(23-71(39)56(83)32(33)26-93-59(61)86)50-36(7-6-30-28(2)34(62)21-37(67-51)49(30)50)68-60(87)95-42(29-5-9-41(38(19-29)72(89)90)94-58-54(82)52(80)53(81)55(96-58)57(84)85)22-65-44(75)10-8-35(40(73)24-69(3)25-43(63)74)66-46(77)27-92-18-17-91-16-14-64-45(76)13-15-70-47(78)11-12-48(70)79/h5,9,11-12,19-21,35-36,42,52-55,58,80-82,88H,4,6-8,10,13-18,22-27H2,1-3H3,(H2,63,74)(H,64,76)(H,65,75)(H,66,77)(H,68,87)(H,84,85)/t35-,36-,42+,52-,53-,54?,55?,58+,61-/m0/s1. The van der Waals surface area contributed by atoms with Crippen LogP contribution >= 0.6 is 0 Å². The topological polar surface area (TPSA) is 486 Å². The van der Waals surface area contributed by atoms with E-state index in [1.54, 1.807) is 6.92 Å². The maximum Gasteiger partial charge on any atom is 0.408 e. The monoisotopic (exact) mass is 1340 g/mol. The number of carbonyl (C=O) groups excluding carboxylic acids is 9. The van der Waals surface area contributed by atoms with E-state index in [-0.39, 0.29) is 117 Å². The van der Waals surface area contributed by atoms with E-state index >= 15 is 4.39 Å².